The summed E-state index contributed by atoms with van der Waals surface area (Å²) in [7, 11) is 2.15. The van der Waals surface area contributed by atoms with Gasteiger partial charge in [-0.25, -0.2) is 4.98 Å². The molecule has 17 heavy (non-hydrogen) atoms. The first-order valence-electron chi connectivity index (χ1n) is 6.18. The number of aromatic nitrogens is 1. The van der Waals surface area contributed by atoms with Gasteiger partial charge >= 0.3 is 0 Å². The molecular formula is C13H24N4. The van der Waals surface area contributed by atoms with Crippen LogP contribution in [0.4, 0.5) is 11.5 Å². The largest absolute Gasteiger partial charge is 0.397 e. The summed E-state index contributed by atoms with van der Waals surface area (Å²) < 4.78 is 0. The lowest BCUT2D eigenvalue weighted by molar-refractivity contribution is 0.273. The van der Waals surface area contributed by atoms with Crippen molar-refractivity contribution in [3.8, 4) is 0 Å². The van der Waals surface area contributed by atoms with Crippen molar-refractivity contribution in [2.45, 2.75) is 33.2 Å². The van der Waals surface area contributed by atoms with Crippen molar-refractivity contribution in [3.63, 3.8) is 0 Å². The summed E-state index contributed by atoms with van der Waals surface area (Å²) in [6.45, 7) is 8.37. The highest BCUT2D eigenvalue weighted by atomic mass is 15.1. The van der Waals surface area contributed by atoms with Crippen molar-refractivity contribution in [1.29, 1.82) is 0 Å². The lowest BCUT2D eigenvalue weighted by Crippen LogP contribution is -2.28. The van der Waals surface area contributed by atoms with Gasteiger partial charge in [0, 0.05) is 12.6 Å². The van der Waals surface area contributed by atoms with Crippen LogP contribution in [0.5, 0.6) is 0 Å². The van der Waals surface area contributed by atoms with Crippen molar-refractivity contribution in [3.05, 3.63) is 17.8 Å². The topological polar surface area (TPSA) is 54.2 Å². The van der Waals surface area contributed by atoms with Crippen LogP contribution in [0.1, 0.15) is 26.0 Å². The second kappa shape index (κ2) is 6.45. The average molecular weight is 236 g/mol. The Hall–Kier alpha value is -1.29. The van der Waals surface area contributed by atoms with E-state index in [0.29, 0.717) is 6.04 Å². The average Bonchev–Trinajstić information content (AvgIpc) is 2.28. The minimum atomic E-state index is 0.604. The summed E-state index contributed by atoms with van der Waals surface area (Å²) in [5.41, 5.74) is 7.35. The summed E-state index contributed by atoms with van der Waals surface area (Å²) >= 11 is 0. The first-order valence-corrected chi connectivity index (χ1v) is 6.18. The molecule has 3 N–H and O–H groups in total. The number of pyridine rings is 1. The maximum atomic E-state index is 5.72. The predicted molar refractivity (Wildman–Crippen MR) is 74.3 cm³/mol. The van der Waals surface area contributed by atoms with Gasteiger partial charge in [-0.2, -0.15) is 0 Å². The number of hydrogen-bond donors (Lipinski definition) is 2. The SMILES string of the molecule is Cc1nc(NCCCN(C)C(C)C)ccc1N. The molecule has 1 aromatic rings. The molecular weight excluding hydrogens is 212 g/mol. The van der Waals surface area contributed by atoms with Crippen LogP contribution in [0, 0.1) is 6.92 Å². The van der Waals surface area contributed by atoms with Crippen molar-refractivity contribution in [2.24, 2.45) is 0 Å². The third-order valence-corrected chi connectivity index (χ3v) is 3.00. The lowest BCUT2D eigenvalue weighted by Gasteiger charge is -2.20. The van der Waals surface area contributed by atoms with E-state index in [-0.39, 0.29) is 0 Å². The van der Waals surface area contributed by atoms with Crippen LogP contribution in [0.2, 0.25) is 0 Å². The number of hydrogen-bond acceptors (Lipinski definition) is 4. The number of nitrogens with one attached hydrogen (secondary N) is 1. The van der Waals surface area contributed by atoms with E-state index in [2.05, 4.69) is 36.1 Å². The maximum Gasteiger partial charge on any atom is 0.126 e. The Morgan fingerprint density at radius 1 is 1.41 bits per heavy atom. The number of aryl methyl sites for hydroxylation is 1. The molecule has 0 aliphatic rings. The molecule has 1 aromatic heterocycles. The van der Waals surface area contributed by atoms with Gasteiger partial charge in [0.05, 0.1) is 11.4 Å². The molecule has 0 radical (unpaired) electrons. The summed E-state index contributed by atoms with van der Waals surface area (Å²) in [5.74, 6) is 0.906. The summed E-state index contributed by atoms with van der Waals surface area (Å²) in [5, 5.41) is 3.31. The molecule has 0 saturated heterocycles. The van der Waals surface area contributed by atoms with Crippen LogP contribution in [0.15, 0.2) is 12.1 Å². The van der Waals surface area contributed by atoms with Crippen molar-refractivity contribution >= 4 is 11.5 Å². The molecule has 0 aliphatic heterocycles. The molecule has 0 aliphatic carbocycles. The fraction of sp³-hybridized carbons (Fsp3) is 0.615. The Bertz CT molecular complexity index is 349. The van der Waals surface area contributed by atoms with Gasteiger partial charge < -0.3 is 16.0 Å². The molecule has 0 amide bonds. The third-order valence-electron chi connectivity index (χ3n) is 3.00. The lowest BCUT2D eigenvalue weighted by atomic mass is 10.3. The second-order valence-electron chi connectivity index (χ2n) is 4.73. The normalized spacial score (nSPS) is 11.2. The smallest absolute Gasteiger partial charge is 0.126 e. The molecule has 0 spiro atoms. The van der Waals surface area contributed by atoms with Crippen molar-refractivity contribution < 1.29 is 0 Å². The van der Waals surface area contributed by atoms with E-state index in [1.165, 1.54) is 0 Å². The molecule has 0 saturated carbocycles. The molecule has 0 atom stereocenters. The molecule has 0 bridgehead atoms. The molecule has 0 unspecified atom stereocenters. The van der Waals surface area contributed by atoms with E-state index in [1.54, 1.807) is 0 Å². The van der Waals surface area contributed by atoms with Gasteiger partial charge in [0.1, 0.15) is 5.82 Å². The Kier molecular flexibility index (Phi) is 5.22. The van der Waals surface area contributed by atoms with Gasteiger partial charge in [-0.1, -0.05) is 0 Å². The van der Waals surface area contributed by atoms with Gasteiger partial charge in [0.2, 0.25) is 0 Å². The van der Waals surface area contributed by atoms with E-state index in [0.717, 1.165) is 36.7 Å². The molecule has 4 heteroatoms. The van der Waals surface area contributed by atoms with Gasteiger partial charge in [0.25, 0.3) is 0 Å². The fourth-order valence-electron chi connectivity index (χ4n) is 1.47. The minimum absolute atomic E-state index is 0.604. The highest BCUT2D eigenvalue weighted by Crippen LogP contribution is 2.11. The van der Waals surface area contributed by atoms with E-state index < -0.39 is 0 Å². The molecule has 0 aromatic carbocycles. The predicted octanol–water partition coefficient (Wildman–Crippen LogP) is 2.11. The number of nitrogens with zero attached hydrogens (tertiary/aromatic N) is 2. The zero-order valence-corrected chi connectivity index (χ0v) is 11.3. The van der Waals surface area contributed by atoms with Crippen LogP contribution in [-0.4, -0.2) is 36.1 Å². The number of nitrogen functional groups attached to an aromatic ring is 1. The standard InChI is InChI=1S/C13H24N4/c1-10(2)17(4)9-5-8-15-13-7-6-12(14)11(3)16-13/h6-7,10H,5,8-9,14H2,1-4H3,(H,15,16). The summed E-state index contributed by atoms with van der Waals surface area (Å²) in [6, 6.07) is 4.42. The second-order valence-corrected chi connectivity index (χ2v) is 4.73. The zero-order valence-electron chi connectivity index (χ0n) is 11.3. The van der Waals surface area contributed by atoms with Gasteiger partial charge in [-0.15, -0.1) is 0 Å². The van der Waals surface area contributed by atoms with E-state index in [4.69, 9.17) is 5.73 Å². The van der Waals surface area contributed by atoms with E-state index >= 15 is 0 Å². The van der Waals surface area contributed by atoms with Gasteiger partial charge in [-0.05, 0) is 52.9 Å². The zero-order chi connectivity index (χ0) is 12.8. The quantitative estimate of drug-likeness (QED) is 0.743. The molecule has 4 nitrogen and oxygen atoms in total. The Balaban J connectivity index is 2.29. The minimum Gasteiger partial charge on any atom is -0.397 e. The van der Waals surface area contributed by atoms with E-state index in [1.807, 2.05) is 19.1 Å². The summed E-state index contributed by atoms with van der Waals surface area (Å²) in [4.78, 5) is 6.71. The van der Waals surface area contributed by atoms with Crippen LogP contribution in [0.25, 0.3) is 0 Å². The molecule has 1 rings (SSSR count). The Morgan fingerprint density at radius 3 is 2.71 bits per heavy atom. The maximum absolute atomic E-state index is 5.72. The molecule has 1 heterocycles. The van der Waals surface area contributed by atoms with Crippen LogP contribution >= 0.6 is 0 Å². The summed E-state index contributed by atoms with van der Waals surface area (Å²) in [6.07, 6.45) is 1.11. The molecule has 0 fully saturated rings. The third kappa shape index (κ3) is 4.61. The Labute approximate surface area is 104 Å². The first-order chi connectivity index (χ1) is 8.00. The number of nitrogens with two attached hydrogens (primary N) is 1. The van der Waals surface area contributed by atoms with Crippen LogP contribution < -0.4 is 11.1 Å². The van der Waals surface area contributed by atoms with Crippen LogP contribution in [-0.2, 0) is 0 Å². The van der Waals surface area contributed by atoms with E-state index in [9.17, 15) is 0 Å². The van der Waals surface area contributed by atoms with Gasteiger partial charge in [0.15, 0.2) is 0 Å². The number of anilines is 2. The fourth-order valence-corrected chi connectivity index (χ4v) is 1.47. The first kappa shape index (κ1) is 13.8. The monoisotopic (exact) mass is 236 g/mol. The highest BCUT2D eigenvalue weighted by molar-refractivity contribution is 5.48. The van der Waals surface area contributed by atoms with Crippen molar-refractivity contribution in [1.82, 2.24) is 9.88 Å². The number of rotatable bonds is 6. The van der Waals surface area contributed by atoms with Crippen molar-refractivity contribution in [2.75, 3.05) is 31.2 Å². The Morgan fingerprint density at radius 2 is 2.12 bits per heavy atom. The van der Waals surface area contributed by atoms with Crippen LogP contribution in [0.3, 0.4) is 0 Å². The highest BCUT2D eigenvalue weighted by Gasteiger charge is 2.02. The molecule has 96 valence electrons. The van der Waals surface area contributed by atoms with Gasteiger partial charge in [-0.3, -0.25) is 0 Å².